The van der Waals surface area contributed by atoms with Crippen molar-refractivity contribution in [3.8, 4) is 39.6 Å². The number of rotatable bonds is 7. The Bertz CT molecular complexity index is 2200. The molecule has 0 bridgehead atoms. The van der Waals surface area contributed by atoms with Crippen LogP contribution in [-0.4, -0.2) is 15.1 Å². The van der Waals surface area contributed by atoms with Gasteiger partial charge in [0, 0.05) is 34.7 Å². The molecule has 0 radical (unpaired) electrons. The maximum atomic E-state index is 11.9. The first-order valence-corrected chi connectivity index (χ1v) is 16.6. The third kappa shape index (κ3) is 6.02. The Morgan fingerprint density at radius 3 is 1.96 bits per heavy atom. The van der Waals surface area contributed by atoms with Gasteiger partial charge in [0.1, 0.15) is 11.3 Å². The van der Waals surface area contributed by atoms with Gasteiger partial charge in [-0.3, -0.25) is 4.98 Å². The summed E-state index contributed by atoms with van der Waals surface area (Å²) in [6.45, 7) is 11.0. The molecule has 1 N–H and O–H groups in total. The Morgan fingerprint density at radius 1 is 0.625 bits per heavy atom. The van der Waals surface area contributed by atoms with Crippen molar-refractivity contribution < 1.29 is 9.52 Å². The largest absolute Gasteiger partial charge is 0.507 e. The number of pyridine rings is 1. The molecule has 5 aromatic carbocycles. The number of hydrogen-bond acceptors (Lipinski definition) is 4. The second-order valence-electron chi connectivity index (χ2n) is 13.7. The van der Waals surface area contributed by atoms with Crippen molar-refractivity contribution in [1.29, 1.82) is 0 Å². The monoisotopic (exact) mass is 628 g/mol. The first-order valence-electron chi connectivity index (χ1n) is 16.6. The van der Waals surface area contributed by atoms with Crippen LogP contribution in [0.1, 0.15) is 74.3 Å². The zero-order valence-electron chi connectivity index (χ0n) is 28.1. The van der Waals surface area contributed by atoms with Crippen LogP contribution >= 0.6 is 0 Å². The van der Waals surface area contributed by atoms with Crippen molar-refractivity contribution in [2.75, 3.05) is 0 Å². The molecule has 2 aromatic heterocycles. The molecule has 0 aliphatic carbocycles. The van der Waals surface area contributed by atoms with Crippen molar-refractivity contribution in [2.24, 2.45) is 0 Å². The number of phenolic OH excluding ortho intramolecular Hbond substituents is 1. The van der Waals surface area contributed by atoms with Crippen molar-refractivity contribution in [1.82, 2.24) is 9.97 Å². The first-order chi connectivity index (χ1) is 23.2. The maximum Gasteiger partial charge on any atom is 0.231 e. The quantitative estimate of drug-likeness (QED) is 0.191. The number of phenols is 1. The minimum absolute atomic E-state index is 0.0435. The Balaban J connectivity index is 1.40. The fraction of sp³-hybridized carbons (Fsp3) is 0.182. The first kappa shape index (κ1) is 31.1. The van der Waals surface area contributed by atoms with Crippen LogP contribution < -0.4 is 0 Å². The molecular formula is C44H40N2O2. The average molecular weight is 629 g/mol. The molecule has 238 valence electrons. The fourth-order valence-corrected chi connectivity index (χ4v) is 6.47. The van der Waals surface area contributed by atoms with Crippen molar-refractivity contribution in [3.63, 3.8) is 0 Å². The lowest BCUT2D eigenvalue weighted by Crippen LogP contribution is -2.11. The van der Waals surface area contributed by atoms with Crippen LogP contribution in [0.25, 0.3) is 44.9 Å². The summed E-state index contributed by atoms with van der Waals surface area (Å²) >= 11 is 0. The molecule has 7 rings (SSSR count). The van der Waals surface area contributed by atoms with E-state index in [0.717, 1.165) is 44.6 Å². The molecule has 7 aromatic rings. The molecule has 2 unspecified atom stereocenters. The van der Waals surface area contributed by atoms with E-state index in [1.165, 1.54) is 11.1 Å². The van der Waals surface area contributed by atoms with E-state index in [-0.39, 0.29) is 23.0 Å². The molecule has 0 aliphatic rings. The van der Waals surface area contributed by atoms with Gasteiger partial charge in [-0.15, -0.1) is 0 Å². The SMILES string of the molecule is CC(c1ccccc1)c1cc(-c2nc3c(-c4cc(-c5ccccn5)cc(C(C)(C)C)c4)cccc3o2)c(O)c(C(C)c2ccccc2)c1. The van der Waals surface area contributed by atoms with Gasteiger partial charge in [-0.25, -0.2) is 4.98 Å². The third-order valence-electron chi connectivity index (χ3n) is 9.45. The van der Waals surface area contributed by atoms with Gasteiger partial charge >= 0.3 is 0 Å². The van der Waals surface area contributed by atoms with Crippen molar-refractivity contribution in [2.45, 2.75) is 51.9 Å². The number of aromatic nitrogens is 2. The van der Waals surface area contributed by atoms with E-state index >= 15 is 0 Å². The Morgan fingerprint density at radius 2 is 1.29 bits per heavy atom. The van der Waals surface area contributed by atoms with Gasteiger partial charge in [0.05, 0.1) is 11.3 Å². The predicted octanol–water partition coefficient (Wildman–Crippen LogP) is 11.5. The summed E-state index contributed by atoms with van der Waals surface area (Å²) in [5.41, 5.74) is 11.4. The van der Waals surface area contributed by atoms with Gasteiger partial charge in [0.2, 0.25) is 5.89 Å². The van der Waals surface area contributed by atoms with Crippen LogP contribution in [0.4, 0.5) is 0 Å². The minimum Gasteiger partial charge on any atom is -0.507 e. The number of fused-ring (bicyclic) bond motifs is 1. The molecule has 0 saturated heterocycles. The van der Waals surface area contributed by atoms with Crippen LogP contribution in [0.5, 0.6) is 5.75 Å². The Labute approximate surface area is 282 Å². The van der Waals surface area contributed by atoms with E-state index in [4.69, 9.17) is 9.40 Å². The second kappa shape index (κ2) is 12.6. The molecule has 0 amide bonds. The van der Waals surface area contributed by atoms with E-state index in [1.54, 1.807) is 0 Å². The smallest absolute Gasteiger partial charge is 0.231 e. The minimum atomic E-state index is -0.0735. The lowest BCUT2D eigenvalue weighted by atomic mass is 9.83. The summed E-state index contributed by atoms with van der Waals surface area (Å²) in [7, 11) is 0. The van der Waals surface area contributed by atoms with E-state index in [1.807, 2.05) is 66.9 Å². The van der Waals surface area contributed by atoms with Gasteiger partial charge in [-0.2, -0.15) is 0 Å². The lowest BCUT2D eigenvalue weighted by Gasteiger charge is -2.21. The Hall–Kier alpha value is -5.48. The molecule has 2 atom stereocenters. The van der Waals surface area contributed by atoms with Gasteiger partial charge < -0.3 is 9.52 Å². The fourth-order valence-electron chi connectivity index (χ4n) is 6.47. The molecule has 2 heterocycles. The zero-order chi connectivity index (χ0) is 33.4. The Kier molecular flexibility index (Phi) is 8.18. The molecule has 0 saturated carbocycles. The van der Waals surface area contributed by atoms with Gasteiger partial charge in [0.15, 0.2) is 5.58 Å². The number of benzene rings is 5. The number of nitrogens with zero attached hydrogens (tertiary/aromatic N) is 2. The molecular weight excluding hydrogens is 588 g/mol. The van der Waals surface area contributed by atoms with E-state index in [2.05, 4.69) is 106 Å². The highest BCUT2D eigenvalue weighted by Crippen LogP contribution is 2.43. The summed E-state index contributed by atoms with van der Waals surface area (Å²) < 4.78 is 6.51. The van der Waals surface area contributed by atoms with Crippen LogP contribution in [0.2, 0.25) is 0 Å². The summed E-state index contributed by atoms with van der Waals surface area (Å²) in [6.07, 6.45) is 1.83. The predicted molar refractivity (Wildman–Crippen MR) is 196 cm³/mol. The van der Waals surface area contributed by atoms with Gasteiger partial charge in [-0.05, 0) is 69.6 Å². The highest BCUT2D eigenvalue weighted by Gasteiger charge is 2.24. The van der Waals surface area contributed by atoms with Crippen molar-refractivity contribution in [3.05, 3.63) is 161 Å². The number of oxazole rings is 1. The molecule has 0 fully saturated rings. The van der Waals surface area contributed by atoms with Crippen LogP contribution in [-0.2, 0) is 5.41 Å². The summed E-state index contributed by atoms with van der Waals surface area (Å²) in [5, 5.41) is 11.9. The number of hydrogen-bond donors (Lipinski definition) is 1. The summed E-state index contributed by atoms with van der Waals surface area (Å²) in [4.78, 5) is 9.77. The topological polar surface area (TPSA) is 59.2 Å². The summed E-state index contributed by atoms with van der Waals surface area (Å²) in [6, 6.07) is 43.6. The summed E-state index contributed by atoms with van der Waals surface area (Å²) in [5.74, 6) is 0.640. The molecule has 0 aliphatic heterocycles. The maximum absolute atomic E-state index is 11.9. The number of para-hydroxylation sites is 1. The second-order valence-corrected chi connectivity index (χ2v) is 13.7. The highest BCUT2D eigenvalue weighted by atomic mass is 16.3. The molecule has 48 heavy (non-hydrogen) atoms. The number of aromatic hydroxyl groups is 1. The van der Waals surface area contributed by atoms with Gasteiger partial charge in [-0.1, -0.05) is 126 Å². The van der Waals surface area contributed by atoms with E-state index in [0.29, 0.717) is 17.0 Å². The molecule has 4 nitrogen and oxygen atoms in total. The van der Waals surface area contributed by atoms with Crippen LogP contribution in [0.15, 0.2) is 138 Å². The normalized spacial score (nSPS) is 13.0. The van der Waals surface area contributed by atoms with E-state index < -0.39 is 0 Å². The molecule has 4 heteroatoms. The average Bonchev–Trinajstić information content (AvgIpc) is 3.56. The van der Waals surface area contributed by atoms with E-state index in [9.17, 15) is 5.11 Å². The van der Waals surface area contributed by atoms with Crippen molar-refractivity contribution >= 4 is 11.1 Å². The van der Waals surface area contributed by atoms with Crippen LogP contribution in [0, 0.1) is 0 Å². The zero-order valence-corrected chi connectivity index (χ0v) is 28.1. The highest BCUT2D eigenvalue weighted by molar-refractivity contribution is 5.93. The lowest BCUT2D eigenvalue weighted by molar-refractivity contribution is 0.464. The molecule has 0 spiro atoms. The van der Waals surface area contributed by atoms with Gasteiger partial charge in [0.25, 0.3) is 0 Å². The third-order valence-corrected chi connectivity index (χ3v) is 9.45. The standard InChI is InChI=1S/C44H40N2O2/c1-28(30-15-8-6-9-16-30)32-26-37(29(2)31-17-10-7-11-18-31)42(47)38(27-32)43-46-41-36(19-14-21-40(41)48-43)33-23-34(39-20-12-13-22-45-39)25-35(24-33)44(3,4)5/h6-29,47H,1-5H3. The van der Waals surface area contributed by atoms with Crippen LogP contribution in [0.3, 0.4) is 0 Å².